The Balaban J connectivity index is 1.15. The van der Waals surface area contributed by atoms with Crippen LogP contribution < -0.4 is 0 Å². The molecule has 4 atom stereocenters. The lowest BCUT2D eigenvalue weighted by molar-refractivity contribution is 0.0306. The number of hydrogen-bond donors (Lipinski definition) is 1. The number of rotatable bonds is 6. The first-order valence-corrected chi connectivity index (χ1v) is 11.6. The zero-order valence-electron chi connectivity index (χ0n) is 16.9. The molecule has 0 unspecified atom stereocenters. The van der Waals surface area contributed by atoms with Crippen molar-refractivity contribution in [2.24, 2.45) is 11.8 Å². The standard InChI is InChI=1S/C23H27N5OS/c29-22-10-20-15-27(14-19(20)9-21(22)28-8-4-7-26-28)13-18-11-24-23(25-12-18)30-16-17-5-2-1-3-6-17/h1-8,11-12,19-22,29H,9-10,13-16H2/t19-,20+,21-,22-/m1/s1. The molecule has 30 heavy (non-hydrogen) atoms. The molecule has 7 heteroatoms. The zero-order valence-corrected chi connectivity index (χ0v) is 17.7. The highest BCUT2D eigenvalue weighted by molar-refractivity contribution is 7.98. The summed E-state index contributed by atoms with van der Waals surface area (Å²) >= 11 is 1.67. The first-order valence-electron chi connectivity index (χ1n) is 10.6. The van der Waals surface area contributed by atoms with E-state index >= 15 is 0 Å². The number of likely N-dealkylation sites (tertiary alicyclic amines) is 1. The summed E-state index contributed by atoms with van der Waals surface area (Å²) in [6.45, 7) is 2.98. The predicted octanol–water partition coefficient (Wildman–Crippen LogP) is 3.41. The van der Waals surface area contributed by atoms with Gasteiger partial charge in [-0.3, -0.25) is 9.58 Å². The quantitative estimate of drug-likeness (QED) is 0.486. The van der Waals surface area contributed by atoms with Crippen molar-refractivity contribution in [3.05, 3.63) is 72.3 Å². The third-order valence-electron chi connectivity index (χ3n) is 6.35. The van der Waals surface area contributed by atoms with E-state index in [1.54, 1.807) is 18.0 Å². The lowest BCUT2D eigenvalue weighted by Crippen LogP contribution is -2.36. The number of fused-ring (bicyclic) bond motifs is 1. The summed E-state index contributed by atoms with van der Waals surface area (Å²) in [6, 6.07) is 12.4. The number of benzene rings is 1. The minimum Gasteiger partial charge on any atom is -0.391 e. The second kappa shape index (κ2) is 8.88. The van der Waals surface area contributed by atoms with Crippen molar-refractivity contribution in [3.8, 4) is 0 Å². The molecule has 1 N–H and O–H groups in total. The summed E-state index contributed by atoms with van der Waals surface area (Å²) in [7, 11) is 0. The summed E-state index contributed by atoms with van der Waals surface area (Å²) in [5, 5.41) is 15.8. The first-order chi connectivity index (χ1) is 14.7. The third-order valence-corrected chi connectivity index (χ3v) is 7.29. The Kier molecular flexibility index (Phi) is 5.84. The van der Waals surface area contributed by atoms with Crippen LogP contribution in [0.15, 0.2) is 66.3 Å². The van der Waals surface area contributed by atoms with Crippen LogP contribution in [0, 0.1) is 11.8 Å². The van der Waals surface area contributed by atoms with Gasteiger partial charge >= 0.3 is 0 Å². The van der Waals surface area contributed by atoms with Crippen LogP contribution in [0.2, 0.25) is 0 Å². The average Bonchev–Trinajstić information content (AvgIpc) is 3.43. The molecule has 5 rings (SSSR count). The molecule has 2 aliphatic rings. The van der Waals surface area contributed by atoms with Crippen molar-refractivity contribution in [1.29, 1.82) is 0 Å². The highest BCUT2D eigenvalue weighted by Gasteiger charge is 2.42. The van der Waals surface area contributed by atoms with Gasteiger partial charge in [0.15, 0.2) is 5.16 Å². The van der Waals surface area contributed by atoms with Gasteiger partial charge in [0.1, 0.15) is 0 Å². The summed E-state index contributed by atoms with van der Waals surface area (Å²) in [5.74, 6) is 2.06. The molecule has 6 nitrogen and oxygen atoms in total. The van der Waals surface area contributed by atoms with Crippen LogP contribution in [0.25, 0.3) is 0 Å². The largest absolute Gasteiger partial charge is 0.391 e. The average molecular weight is 422 g/mol. The van der Waals surface area contributed by atoms with Crippen LogP contribution in [-0.4, -0.2) is 48.9 Å². The molecule has 0 amide bonds. The molecular weight excluding hydrogens is 394 g/mol. The monoisotopic (exact) mass is 421 g/mol. The van der Waals surface area contributed by atoms with E-state index in [-0.39, 0.29) is 12.1 Å². The SMILES string of the molecule is O[C@@H]1C[C@H]2CN(Cc3cnc(SCc4ccccc4)nc3)C[C@H]2C[C@H]1n1cccn1. The summed E-state index contributed by atoms with van der Waals surface area (Å²) < 4.78 is 1.93. The van der Waals surface area contributed by atoms with Crippen molar-refractivity contribution >= 4 is 11.8 Å². The van der Waals surface area contributed by atoms with E-state index in [9.17, 15) is 5.11 Å². The van der Waals surface area contributed by atoms with Crippen LogP contribution in [0.5, 0.6) is 0 Å². The Labute approximate surface area is 181 Å². The van der Waals surface area contributed by atoms with Gasteiger partial charge < -0.3 is 5.11 Å². The Hall–Kier alpha value is -2.22. The van der Waals surface area contributed by atoms with E-state index in [0.29, 0.717) is 11.8 Å². The lowest BCUT2D eigenvalue weighted by Gasteiger charge is -2.35. The molecule has 1 saturated carbocycles. The molecule has 1 aromatic carbocycles. The van der Waals surface area contributed by atoms with E-state index in [4.69, 9.17) is 0 Å². The second-order valence-corrected chi connectivity index (χ2v) is 9.40. The Morgan fingerprint density at radius 3 is 2.47 bits per heavy atom. The van der Waals surface area contributed by atoms with Crippen molar-refractivity contribution in [2.45, 2.75) is 42.4 Å². The molecule has 2 fully saturated rings. The van der Waals surface area contributed by atoms with Gasteiger partial charge in [0.2, 0.25) is 0 Å². The van der Waals surface area contributed by atoms with Gasteiger partial charge in [0.05, 0.1) is 12.1 Å². The predicted molar refractivity (Wildman–Crippen MR) is 117 cm³/mol. The molecule has 0 radical (unpaired) electrons. The Bertz CT molecular complexity index is 934. The van der Waals surface area contributed by atoms with Crippen LogP contribution >= 0.6 is 11.8 Å². The molecule has 3 heterocycles. The van der Waals surface area contributed by atoms with Crippen LogP contribution in [-0.2, 0) is 12.3 Å². The van der Waals surface area contributed by atoms with Gasteiger partial charge in [-0.2, -0.15) is 5.10 Å². The van der Waals surface area contributed by atoms with E-state index < -0.39 is 0 Å². The fourth-order valence-electron chi connectivity index (χ4n) is 4.87. The summed E-state index contributed by atoms with van der Waals surface area (Å²) in [5.41, 5.74) is 2.44. The van der Waals surface area contributed by atoms with Crippen molar-refractivity contribution < 1.29 is 5.11 Å². The number of nitrogens with zero attached hydrogens (tertiary/aromatic N) is 5. The van der Waals surface area contributed by atoms with Crippen LogP contribution in [0.4, 0.5) is 0 Å². The molecule has 3 aromatic rings. The maximum absolute atomic E-state index is 10.6. The molecular formula is C23H27N5OS. The number of aliphatic hydroxyl groups excluding tert-OH is 1. The van der Waals surface area contributed by atoms with Crippen molar-refractivity contribution in [3.63, 3.8) is 0 Å². The molecule has 1 aliphatic heterocycles. The Morgan fingerprint density at radius 2 is 1.73 bits per heavy atom. The van der Waals surface area contributed by atoms with Crippen molar-refractivity contribution in [1.82, 2.24) is 24.6 Å². The fourth-order valence-corrected chi connectivity index (χ4v) is 5.62. The molecule has 0 bridgehead atoms. The van der Waals surface area contributed by atoms with Gasteiger partial charge in [0.25, 0.3) is 0 Å². The summed E-state index contributed by atoms with van der Waals surface area (Å²) in [6.07, 6.45) is 9.23. The third kappa shape index (κ3) is 4.43. The topological polar surface area (TPSA) is 67.1 Å². The maximum Gasteiger partial charge on any atom is 0.187 e. The molecule has 0 spiro atoms. The number of hydrogen-bond acceptors (Lipinski definition) is 6. The van der Waals surface area contributed by atoms with E-state index in [2.05, 4.69) is 44.2 Å². The van der Waals surface area contributed by atoms with E-state index in [0.717, 1.165) is 48.9 Å². The lowest BCUT2D eigenvalue weighted by atomic mass is 9.77. The highest BCUT2D eigenvalue weighted by atomic mass is 32.2. The fraction of sp³-hybridized carbons (Fsp3) is 0.435. The number of aliphatic hydroxyl groups is 1. The van der Waals surface area contributed by atoms with E-state index in [1.807, 2.05) is 35.4 Å². The minimum atomic E-state index is -0.310. The van der Waals surface area contributed by atoms with Gasteiger partial charge in [0, 0.05) is 55.7 Å². The number of thioether (sulfide) groups is 1. The first kappa shape index (κ1) is 19.7. The molecule has 2 aromatic heterocycles. The summed E-state index contributed by atoms with van der Waals surface area (Å²) in [4.78, 5) is 11.6. The molecule has 1 saturated heterocycles. The minimum absolute atomic E-state index is 0.102. The van der Waals surface area contributed by atoms with Crippen molar-refractivity contribution in [2.75, 3.05) is 13.1 Å². The highest BCUT2D eigenvalue weighted by Crippen LogP contribution is 2.41. The zero-order chi connectivity index (χ0) is 20.3. The van der Waals surface area contributed by atoms with Gasteiger partial charge in [-0.15, -0.1) is 0 Å². The second-order valence-electron chi connectivity index (χ2n) is 8.45. The number of aromatic nitrogens is 4. The Morgan fingerprint density at radius 1 is 0.967 bits per heavy atom. The normalized spacial score (nSPS) is 26.6. The van der Waals surface area contributed by atoms with Gasteiger partial charge in [-0.05, 0) is 36.3 Å². The maximum atomic E-state index is 10.6. The van der Waals surface area contributed by atoms with Gasteiger partial charge in [-0.1, -0.05) is 42.1 Å². The smallest absolute Gasteiger partial charge is 0.187 e. The molecule has 1 aliphatic carbocycles. The van der Waals surface area contributed by atoms with E-state index in [1.165, 1.54) is 5.56 Å². The van der Waals surface area contributed by atoms with Crippen LogP contribution in [0.3, 0.4) is 0 Å². The van der Waals surface area contributed by atoms with Gasteiger partial charge in [-0.25, -0.2) is 9.97 Å². The van der Waals surface area contributed by atoms with Crippen LogP contribution in [0.1, 0.15) is 30.0 Å². The molecule has 156 valence electrons.